The molecule has 3 aromatic rings. The van der Waals surface area contributed by atoms with Crippen molar-refractivity contribution in [1.82, 2.24) is 14.3 Å². The van der Waals surface area contributed by atoms with Crippen molar-refractivity contribution >= 4 is 29.1 Å². The molecule has 33 heavy (non-hydrogen) atoms. The molecule has 2 aromatic heterocycles. The maximum atomic E-state index is 13.4. The minimum Gasteiger partial charge on any atom is -0.497 e. The molecule has 0 spiro atoms. The number of hydrogen-bond acceptors (Lipinski definition) is 5. The van der Waals surface area contributed by atoms with Crippen molar-refractivity contribution in [3.8, 4) is 11.5 Å². The molecule has 4 rings (SSSR count). The Labute approximate surface area is 197 Å². The summed E-state index contributed by atoms with van der Waals surface area (Å²) in [6, 6.07) is 9.23. The van der Waals surface area contributed by atoms with Gasteiger partial charge in [-0.1, -0.05) is 11.6 Å². The van der Waals surface area contributed by atoms with Gasteiger partial charge in [0.05, 0.1) is 24.9 Å². The second-order valence-corrected chi connectivity index (χ2v) is 8.66. The van der Waals surface area contributed by atoms with Crippen molar-refractivity contribution in [2.24, 2.45) is 11.7 Å². The first-order valence-corrected chi connectivity index (χ1v) is 11.2. The van der Waals surface area contributed by atoms with Crippen molar-refractivity contribution in [2.45, 2.75) is 25.2 Å². The highest BCUT2D eigenvalue weighted by atomic mass is 35.5. The molecule has 0 saturated carbocycles. The van der Waals surface area contributed by atoms with E-state index in [9.17, 15) is 9.59 Å². The van der Waals surface area contributed by atoms with Gasteiger partial charge in [-0.25, -0.2) is 4.98 Å². The van der Waals surface area contributed by atoms with E-state index in [2.05, 4.69) is 4.98 Å². The lowest BCUT2D eigenvalue weighted by atomic mass is 9.90. The highest BCUT2D eigenvalue weighted by Crippen LogP contribution is 2.35. The van der Waals surface area contributed by atoms with Crippen molar-refractivity contribution in [1.29, 1.82) is 0 Å². The molecule has 1 unspecified atom stereocenters. The Kier molecular flexibility index (Phi) is 6.74. The van der Waals surface area contributed by atoms with Gasteiger partial charge in [-0.3, -0.25) is 9.59 Å². The van der Waals surface area contributed by atoms with Gasteiger partial charge in [-0.2, -0.15) is 0 Å². The number of nitrogens with zero attached hydrogens (tertiary/aromatic N) is 3. The van der Waals surface area contributed by atoms with Crippen LogP contribution in [0, 0.1) is 5.92 Å². The normalized spacial score (nSPS) is 15.4. The number of pyridine rings is 1. The smallest absolute Gasteiger partial charge is 0.223 e. The number of nitrogens with two attached hydrogens (primary N) is 1. The van der Waals surface area contributed by atoms with E-state index in [0.29, 0.717) is 42.5 Å². The Morgan fingerprint density at radius 3 is 2.42 bits per heavy atom. The van der Waals surface area contributed by atoms with Gasteiger partial charge in [0.25, 0.3) is 0 Å². The molecule has 2 amide bonds. The summed E-state index contributed by atoms with van der Waals surface area (Å²) in [5.74, 6) is 0.483. The van der Waals surface area contributed by atoms with E-state index < -0.39 is 0 Å². The van der Waals surface area contributed by atoms with Crippen molar-refractivity contribution in [3.63, 3.8) is 0 Å². The number of piperidine rings is 1. The number of rotatable bonds is 7. The van der Waals surface area contributed by atoms with Crippen LogP contribution in [-0.2, 0) is 9.59 Å². The number of halogens is 1. The zero-order valence-corrected chi connectivity index (χ0v) is 19.4. The molecule has 1 saturated heterocycles. The van der Waals surface area contributed by atoms with Crippen molar-refractivity contribution in [2.75, 3.05) is 27.3 Å². The lowest BCUT2D eigenvalue weighted by Gasteiger charge is -2.32. The van der Waals surface area contributed by atoms with Crippen LogP contribution in [0.2, 0.25) is 5.02 Å². The number of methoxy groups -OCH3 is 2. The van der Waals surface area contributed by atoms with E-state index in [4.69, 9.17) is 26.8 Å². The molecule has 3 heterocycles. The predicted octanol–water partition coefficient (Wildman–Crippen LogP) is 3.25. The van der Waals surface area contributed by atoms with E-state index in [1.165, 1.54) is 0 Å². The third-order valence-corrected chi connectivity index (χ3v) is 6.48. The minimum absolute atomic E-state index is 0.00156. The Bertz CT molecular complexity index is 1150. The van der Waals surface area contributed by atoms with Crippen LogP contribution in [0.15, 0.2) is 42.7 Å². The molecule has 1 aromatic carbocycles. The number of primary amides is 1. The van der Waals surface area contributed by atoms with Crippen molar-refractivity contribution in [3.05, 3.63) is 59.0 Å². The molecule has 2 N–H and O–H groups in total. The maximum Gasteiger partial charge on any atom is 0.223 e. The van der Waals surface area contributed by atoms with Gasteiger partial charge in [0, 0.05) is 49.8 Å². The van der Waals surface area contributed by atoms with Gasteiger partial charge in [0.1, 0.15) is 17.1 Å². The minimum atomic E-state index is -0.316. The van der Waals surface area contributed by atoms with E-state index >= 15 is 0 Å². The number of likely N-dealkylation sites (tertiary alicyclic amines) is 1. The zero-order chi connectivity index (χ0) is 23.5. The quantitative estimate of drug-likeness (QED) is 0.571. The SMILES string of the molecule is COc1cc(OC)cc(C(CC(=O)N2CCC(C(N)=O)CC2)c2cnc3ccc(Cl)cn23)c1. The van der Waals surface area contributed by atoms with E-state index in [1.54, 1.807) is 43.6 Å². The molecule has 1 atom stereocenters. The second-order valence-electron chi connectivity index (χ2n) is 8.22. The first-order valence-electron chi connectivity index (χ1n) is 10.8. The van der Waals surface area contributed by atoms with Gasteiger partial charge in [0.2, 0.25) is 11.8 Å². The molecule has 174 valence electrons. The van der Waals surface area contributed by atoms with Crippen LogP contribution in [-0.4, -0.2) is 53.4 Å². The van der Waals surface area contributed by atoms with Gasteiger partial charge in [-0.05, 0) is 42.7 Å². The number of carbonyl (C=O) groups is 2. The second kappa shape index (κ2) is 9.70. The Balaban J connectivity index is 1.70. The molecule has 9 heteroatoms. The summed E-state index contributed by atoms with van der Waals surface area (Å²) in [6.07, 6.45) is 4.97. The average Bonchev–Trinajstić information content (AvgIpc) is 3.24. The lowest BCUT2D eigenvalue weighted by Crippen LogP contribution is -2.42. The molecular weight excluding hydrogens is 444 g/mol. The molecule has 8 nitrogen and oxygen atoms in total. The van der Waals surface area contributed by atoms with Crippen LogP contribution in [0.4, 0.5) is 0 Å². The highest BCUT2D eigenvalue weighted by Gasteiger charge is 2.29. The molecular formula is C24H27ClN4O4. The first kappa shape index (κ1) is 22.9. The molecule has 0 aliphatic carbocycles. The van der Waals surface area contributed by atoms with E-state index in [-0.39, 0.29) is 30.1 Å². The Morgan fingerprint density at radius 1 is 1.15 bits per heavy atom. The largest absolute Gasteiger partial charge is 0.497 e. The van der Waals surface area contributed by atoms with Gasteiger partial charge >= 0.3 is 0 Å². The topological polar surface area (TPSA) is 99.2 Å². The summed E-state index contributed by atoms with van der Waals surface area (Å²) in [4.78, 5) is 31.2. The summed E-state index contributed by atoms with van der Waals surface area (Å²) in [5.41, 5.74) is 7.89. The fraction of sp³-hybridized carbons (Fsp3) is 0.375. The van der Waals surface area contributed by atoms with E-state index in [1.807, 2.05) is 22.6 Å². The monoisotopic (exact) mass is 470 g/mol. The molecule has 0 bridgehead atoms. The van der Waals surface area contributed by atoms with Crippen LogP contribution in [0.3, 0.4) is 0 Å². The molecule has 1 fully saturated rings. The zero-order valence-electron chi connectivity index (χ0n) is 18.7. The summed E-state index contributed by atoms with van der Waals surface area (Å²) < 4.78 is 12.8. The Morgan fingerprint density at radius 2 is 1.82 bits per heavy atom. The third kappa shape index (κ3) is 4.90. The third-order valence-electron chi connectivity index (χ3n) is 6.26. The first-order chi connectivity index (χ1) is 15.9. The van der Waals surface area contributed by atoms with Crippen LogP contribution in [0.1, 0.15) is 36.4 Å². The van der Waals surface area contributed by atoms with Crippen LogP contribution in [0.25, 0.3) is 5.65 Å². The molecule has 1 aliphatic heterocycles. The van der Waals surface area contributed by atoms with E-state index in [0.717, 1.165) is 16.9 Å². The number of imidazole rings is 1. The lowest BCUT2D eigenvalue weighted by molar-refractivity contribution is -0.135. The Hall–Kier alpha value is -3.26. The fourth-order valence-corrected chi connectivity index (χ4v) is 4.53. The van der Waals surface area contributed by atoms with Crippen molar-refractivity contribution < 1.29 is 19.1 Å². The summed E-state index contributed by atoms with van der Waals surface area (Å²) >= 11 is 6.26. The summed E-state index contributed by atoms with van der Waals surface area (Å²) in [6.45, 7) is 1.03. The standard InChI is InChI=1S/C24H27ClN4O4/c1-32-18-9-16(10-19(11-18)33-2)20(21-13-27-22-4-3-17(25)14-29(21)22)12-23(30)28-7-5-15(6-8-28)24(26)31/h3-4,9-11,13-15,20H,5-8,12H2,1-2H3,(H2,26,31). The number of hydrogen-bond donors (Lipinski definition) is 1. The van der Waals surface area contributed by atoms with Crippen LogP contribution < -0.4 is 15.2 Å². The predicted molar refractivity (Wildman–Crippen MR) is 125 cm³/mol. The van der Waals surface area contributed by atoms with Gasteiger partial charge < -0.3 is 24.5 Å². The number of amides is 2. The highest BCUT2D eigenvalue weighted by molar-refractivity contribution is 6.30. The number of benzene rings is 1. The number of ether oxygens (including phenoxy) is 2. The summed E-state index contributed by atoms with van der Waals surface area (Å²) in [7, 11) is 3.19. The maximum absolute atomic E-state index is 13.4. The van der Waals surface area contributed by atoms with Gasteiger partial charge in [-0.15, -0.1) is 0 Å². The van der Waals surface area contributed by atoms with Crippen LogP contribution in [0.5, 0.6) is 11.5 Å². The van der Waals surface area contributed by atoms with Gasteiger partial charge in [0.15, 0.2) is 0 Å². The number of aromatic nitrogens is 2. The molecule has 0 radical (unpaired) electrons. The fourth-order valence-electron chi connectivity index (χ4n) is 4.37. The number of fused-ring (bicyclic) bond motifs is 1. The molecule has 1 aliphatic rings. The average molecular weight is 471 g/mol. The van der Waals surface area contributed by atoms with Crippen LogP contribution >= 0.6 is 11.6 Å². The summed E-state index contributed by atoms with van der Waals surface area (Å²) in [5, 5.41) is 0.573. The number of carbonyl (C=O) groups excluding carboxylic acids is 2.